The third-order valence-electron chi connectivity index (χ3n) is 2.56. The highest BCUT2D eigenvalue weighted by Gasteiger charge is 2.10. The normalized spacial score (nSPS) is 11.6. The Morgan fingerprint density at radius 3 is 2.75 bits per heavy atom. The number of anilines is 1. The quantitative estimate of drug-likeness (QED) is 0.740. The van der Waals surface area contributed by atoms with Crippen LogP contribution in [-0.4, -0.2) is 30.8 Å². The lowest BCUT2D eigenvalue weighted by atomic mass is 10.1. The van der Waals surface area contributed by atoms with Crippen molar-refractivity contribution in [2.24, 2.45) is 5.92 Å². The van der Waals surface area contributed by atoms with Gasteiger partial charge in [0.15, 0.2) is 0 Å². The van der Waals surface area contributed by atoms with Crippen molar-refractivity contribution in [1.29, 1.82) is 0 Å². The largest absolute Gasteiger partial charge is 0.497 e. The Morgan fingerprint density at radius 2 is 2.15 bits per heavy atom. The standard InChI is InChI=1S/C13H17BrN2O4/c1-8(5-12(17)18)7-15-13(19)16-11-6-9(20-2)3-4-10(11)14/h3-4,6,8H,5,7H2,1-2H3,(H,17,18)(H2,15,16,19). The summed E-state index contributed by atoms with van der Waals surface area (Å²) in [6.45, 7) is 2.05. The van der Waals surface area contributed by atoms with E-state index in [4.69, 9.17) is 9.84 Å². The maximum Gasteiger partial charge on any atom is 0.319 e. The van der Waals surface area contributed by atoms with Gasteiger partial charge in [0.05, 0.1) is 12.8 Å². The third kappa shape index (κ3) is 5.48. The molecule has 2 amide bonds. The number of urea groups is 1. The summed E-state index contributed by atoms with van der Waals surface area (Å²) in [5.74, 6) is -0.384. The van der Waals surface area contributed by atoms with Crippen molar-refractivity contribution < 1.29 is 19.4 Å². The number of carboxylic acids is 1. The number of ether oxygens (including phenoxy) is 1. The van der Waals surface area contributed by atoms with E-state index in [-0.39, 0.29) is 12.3 Å². The molecule has 1 aromatic carbocycles. The fourth-order valence-corrected chi connectivity index (χ4v) is 1.88. The van der Waals surface area contributed by atoms with Crippen LogP contribution in [0.5, 0.6) is 5.75 Å². The maximum absolute atomic E-state index is 11.7. The average Bonchev–Trinajstić information content (AvgIpc) is 2.38. The lowest BCUT2D eigenvalue weighted by molar-refractivity contribution is -0.137. The molecular formula is C13H17BrN2O4. The molecule has 110 valence electrons. The fourth-order valence-electron chi connectivity index (χ4n) is 1.53. The van der Waals surface area contributed by atoms with Gasteiger partial charge in [0.1, 0.15) is 5.75 Å². The smallest absolute Gasteiger partial charge is 0.319 e. The van der Waals surface area contributed by atoms with E-state index in [0.717, 1.165) is 4.47 Å². The van der Waals surface area contributed by atoms with Gasteiger partial charge in [-0.3, -0.25) is 4.79 Å². The van der Waals surface area contributed by atoms with E-state index >= 15 is 0 Å². The Morgan fingerprint density at radius 1 is 1.45 bits per heavy atom. The minimum atomic E-state index is -0.879. The van der Waals surface area contributed by atoms with Gasteiger partial charge in [-0.1, -0.05) is 6.92 Å². The van der Waals surface area contributed by atoms with Crippen LogP contribution < -0.4 is 15.4 Å². The van der Waals surface area contributed by atoms with Crippen LogP contribution in [0.2, 0.25) is 0 Å². The van der Waals surface area contributed by atoms with Crippen LogP contribution in [0.25, 0.3) is 0 Å². The predicted octanol–water partition coefficient (Wildman–Crippen LogP) is 2.69. The van der Waals surface area contributed by atoms with Crippen molar-refractivity contribution in [3.05, 3.63) is 22.7 Å². The number of nitrogens with one attached hydrogen (secondary N) is 2. The van der Waals surface area contributed by atoms with E-state index in [1.165, 1.54) is 0 Å². The van der Waals surface area contributed by atoms with E-state index in [0.29, 0.717) is 18.0 Å². The molecule has 0 aliphatic rings. The predicted molar refractivity (Wildman–Crippen MR) is 79.1 cm³/mol. The zero-order valence-electron chi connectivity index (χ0n) is 11.3. The fraction of sp³-hybridized carbons (Fsp3) is 0.385. The van der Waals surface area contributed by atoms with Crippen LogP contribution in [0.15, 0.2) is 22.7 Å². The number of methoxy groups -OCH3 is 1. The average molecular weight is 345 g/mol. The first-order valence-corrected chi connectivity index (χ1v) is 6.82. The zero-order chi connectivity index (χ0) is 15.1. The van der Waals surface area contributed by atoms with Crippen molar-refractivity contribution in [2.75, 3.05) is 19.0 Å². The third-order valence-corrected chi connectivity index (χ3v) is 3.25. The number of carbonyl (C=O) groups is 2. The molecule has 0 spiro atoms. The molecule has 0 saturated carbocycles. The first-order valence-electron chi connectivity index (χ1n) is 6.02. The minimum absolute atomic E-state index is 0.0170. The molecule has 0 bridgehead atoms. The molecule has 0 aliphatic heterocycles. The van der Waals surface area contributed by atoms with Gasteiger partial charge >= 0.3 is 12.0 Å². The van der Waals surface area contributed by atoms with E-state index in [9.17, 15) is 9.59 Å². The second kappa shape index (κ2) is 7.74. The van der Waals surface area contributed by atoms with Crippen LogP contribution in [-0.2, 0) is 4.79 Å². The van der Waals surface area contributed by atoms with E-state index < -0.39 is 12.0 Å². The number of hydrogen-bond donors (Lipinski definition) is 3. The zero-order valence-corrected chi connectivity index (χ0v) is 12.9. The SMILES string of the molecule is COc1ccc(Br)c(NC(=O)NCC(C)CC(=O)O)c1. The topological polar surface area (TPSA) is 87.7 Å². The lowest BCUT2D eigenvalue weighted by Gasteiger charge is -2.13. The van der Waals surface area contributed by atoms with E-state index in [1.807, 2.05) is 0 Å². The molecule has 1 atom stereocenters. The molecule has 20 heavy (non-hydrogen) atoms. The number of halogens is 1. The Hall–Kier alpha value is -1.76. The minimum Gasteiger partial charge on any atom is -0.497 e. The molecule has 1 unspecified atom stereocenters. The Labute approximate surface area is 125 Å². The molecule has 0 saturated heterocycles. The Kier molecular flexibility index (Phi) is 6.30. The molecule has 0 fully saturated rings. The van der Waals surface area contributed by atoms with Crippen molar-refractivity contribution >= 4 is 33.6 Å². The summed E-state index contributed by atoms with van der Waals surface area (Å²) < 4.78 is 5.80. The number of aliphatic carboxylic acids is 1. The Balaban J connectivity index is 2.52. The van der Waals surface area contributed by atoms with Crippen molar-refractivity contribution in [3.8, 4) is 5.75 Å². The Bertz CT molecular complexity index is 493. The van der Waals surface area contributed by atoms with Gasteiger partial charge in [-0.05, 0) is 34.0 Å². The van der Waals surface area contributed by atoms with Crippen LogP contribution in [0.3, 0.4) is 0 Å². The number of rotatable bonds is 6. The van der Waals surface area contributed by atoms with Crippen LogP contribution >= 0.6 is 15.9 Å². The summed E-state index contributed by atoms with van der Waals surface area (Å²) in [5, 5.41) is 13.9. The van der Waals surface area contributed by atoms with Gasteiger partial charge in [-0.15, -0.1) is 0 Å². The first-order chi connectivity index (χ1) is 9.42. The van der Waals surface area contributed by atoms with Crippen LogP contribution in [0.4, 0.5) is 10.5 Å². The molecule has 6 nitrogen and oxygen atoms in total. The van der Waals surface area contributed by atoms with Gasteiger partial charge in [0, 0.05) is 23.5 Å². The van der Waals surface area contributed by atoms with Gasteiger partial charge in [-0.25, -0.2) is 4.79 Å². The molecule has 0 heterocycles. The van der Waals surface area contributed by atoms with Crippen LogP contribution in [0, 0.1) is 5.92 Å². The highest BCUT2D eigenvalue weighted by molar-refractivity contribution is 9.10. The first kappa shape index (κ1) is 16.3. The highest BCUT2D eigenvalue weighted by Crippen LogP contribution is 2.26. The van der Waals surface area contributed by atoms with Crippen molar-refractivity contribution in [2.45, 2.75) is 13.3 Å². The summed E-state index contributed by atoms with van der Waals surface area (Å²) in [4.78, 5) is 22.2. The molecule has 0 aromatic heterocycles. The molecule has 1 rings (SSSR count). The summed E-state index contributed by atoms with van der Waals surface area (Å²) in [5.41, 5.74) is 0.577. The lowest BCUT2D eigenvalue weighted by Crippen LogP contribution is -2.33. The number of benzene rings is 1. The second-order valence-electron chi connectivity index (χ2n) is 4.38. The second-order valence-corrected chi connectivity index (χ2v) is 5.24. The molecule has 0 radical (unpaired) electrons. The van der Waals surface area contributed by atoms with Crippen molar-refractivity contribution in [3.63, 3.8) is 0 Å². The summed E-state index contributed by atoms with van der Waals surface area (Å²) in [6, 6.07) is 4.82. The number of hydrogen-bond acceptors (Lipinski definition) is 3. The van der Waals surface area contributed by atoms with Crippen LogP contribution in [0.1, 0.15) is 13.3 Å². The molecule has 3 N–H and O–H groups in total. The maximum atomic E-state index is 11.7. The summed E-state index contributed by atoms with van der Waals surface area (Å²) in [6.07, 6.45) is 0.0170. The monoisotopic (exact) mass is 344 g/mol. The van der Waals surface area contributed by atoms with E-state index in [1.54, 1.807) is 32.2 Å². The van der Waals surface area contributed by atoms with Gasteiger partial charge in [0.2, 0.25) is 0 Å². The van der Waals surface area contributed by atoms with Gasteiger partial charge < -0.3 is 20.5 Å². The number of amides is 2. The highest BCUT2D eigenvalue weighted by atomic mass is 79.9. The summed E-state index contributed by atoms with van der Waals surface area (Å²) >= 11 is 3.33. The van der Waals surface area contributed by atoms with Crippen molar-refractivity contribution in [1.82, 2.24) is 5.32 Å². The molecule has 0 aliphatic carbocycles. The van der Waals surface area contributed by atoms with E-state index in [2.05, 4.69) is 26.6 Å². The molecule has 1 aromatic rings. The molecular weight excluding hydrogens is 328 g/mol. The summed E-state index contributed by atoms with van der Waals surface area (Å²) in [7, 11) is 1.54. The number of carboxylic acid groups (broad SMARTS) is 1. The molecule has 7 heteroatoms. The number of carbonyl (C=O) groups excluding carboxylic acids is 1. The van der Waals surface area contributed by atoms with Gasteiger partial charge in [-0.2, -0.15) is 0 Å². The van der Waals surface area contributed by atoms with Gasteiger partial charge in [0.25, 0.3) is 0 Å².